The Balaban J connectivity index is 2.02. The van der Waals surface area contributed by atoms with E-state index >= 15 is 0 Å². The molecule has 2 nitrogen and oxygen atoms in total. The molecule has 0 atom stereocenters. The van der Waals surface area contributed by atoms with E-state index in [1.807, 2.05) is 48.5 Å². The van der Waals surface area contributed by atoms with E-state index in [0.29, 0.717) is 28.6 Å². The largest absolute Gasteiger partial charge is 0.432 e. The van der Waals surface area contributed by atoms with Gasteiger partial charge in [0.25, 0.3) is 0 Å². The molecule has 1 aliphatic rings. The fraction of sp³-hybridized carbons (Fsp3) is 0.231. The second kappa shape index (κ2) is 9.73. The van der Waals surface area contributed by atoms with Gasteiger partial charge < -0.3 is 9.80 Å². The zero-order valence-corrected chi connectivity index (χ0v) is 20.6. The highest BCUT2D eigenvalue weighted by Crippen LogP contribution is 2.51. The standard InChI is InChI=1S/C26H22Cl3F3N2/c1-33-17-24(26(30,31)32)34(23-12-6-20(16-29)7-13-23)25(33,21-8-2-18(14-27)3-9-21)22-10-4-19(15-28)5-11-22/h2-13,17H,14-16H2,1H3. The maximum Gasteiger partial charge on any atom is 0.432 e. The van der Waals surface area contributed by atoms with Crippen molar-refractivity contribution < 1.29 is 13.2 Å². The van der Waals surface area contributed by atoms with Crippen molar-refractivity contribution in [1.29, 1.82) is 0 Å². The summed E-state index contributed by atoms with van der Waals surface area (Å²) in [7, 11) is 1.66. The molecule has 0 amide bonds. The van der Waals surface area contributed by atoms with Gasteiger partial charge in [0.1, 0.15) is 5.70 Å². The molecule has 3 aromatic rings. The van der Waals surface area contributed by atoms with Crippen LogP contribution in [-0.2, 0) is 23.3 Å². The molecule has 0 unspecified atom stereocenters. The molecule has 8 heteroatoms. The minimum atomic E-state index is -4.59. The van der Waals surface area contributed by atoms with Crippen LogP contribution in [0.2, 0.25) is 0 Å². The molecule has 1 heterocycles. The van der Waals surface area contributed by atoms with E-state index in [1.165, 1.54) is 4.90 Å². The summed E-state index contributed by atoms with van der Waals surface area (Å²) in [4.78, 5) is 2.95. The molecule has 0 saturated carbocycles. The van der Waals surface area contributed by atoms with Crippen molar-refractivity contribution in [3.05, 3.63) is 113 Å². The van der Waals surface area contributed by atoms with Crippen molar-refractivity contribution in [3.8, 4) is 0 Å². The van der Waals surface area contributed by atoms with Crippen LogP contribution in [-0.4, -0.2) is 18.1 Å². The Kier molecular flexibility index (Phi) is 7.09. The Bertz CT molecular complexity index is 1110. The van der Waals surface area contributed by atoms with Crippen LogP contribution in [0.4, 0.5) is 18.9 Å². The molecular formula is C26H22Cl3F3N2. The number of hydrogen-bond acceptors (Lipinski definition) is 2. The third-order valence-electron chi connectivity index (χ3n) is 6.05. The van der Waals surface area contributed by atoms with Gasteiger partial charge in [-0.1, -0.05) is 60.7 Å². The Labute approximate surface area is 212 Å². The molecule has 3 aromatic carbocycles. The smallest absolute Gasteiger partial charge is 0.348 e. The number of anilines is 1. The summed E-state index contributed by atoms with van der Waals surface area (Å²) >= 11 is 17.9. The zero-order valence-electron chi connectivity index (χ0n) is 18.3. The molecule has 0 aromatic heterocycles. The maximum atomic E-state index is 14.4. The lowest BCUT2D eigenvalue weighted by Crippen LogP contribution is -2.52. The van der Waals surface area contributed by atoms with Crippen LogP contribution in [0.5, 0.6) is 0 Å². The predicted molar refractivity (Wildman–Crippen MR) is 133 cm³/mol. The molecule has 4 rings (SSSR count). The first-order valence-corrected chi connectivity index (χ1v) is 12.1. The van der Waals surface area contributed by atoms with Gasteiger partial charge in [-0.15, -0.1) is 34.8 Å². The van der Waals surface area contributed by atoms with Crippen molar-refractivity contribution in [2.45, 2.75) is 29.5 Å². The molecule has 1 aliphatic heterocycles. The van der Waals surface area contributed by atoms with Gasteiger partial charge in [-0.3, -0.25) is 0 Å². The zero-order chi connectivity index (χ0) is 24.5. The van der Waals surface area contributed by atoms with Gasteiger partial charge in [-0.05, 0) is 28.8 Å². The number of nitrogens with zero attached hydrogens (tertiary/aromatic N) is 2. The lowest BCUT2D eigenvalue weighted by molar-refractivity contribution is -0.0935. The highest BCUT2D eigenvalue weighted by Gasteiger charge is 2.55. The Hall–Kier alpha value is -2.34. The fourth-order valence-electron chi connectivity index (χ4n) is 4.41. The number of halogens is 6. The maximum absolute atomic E-state index is 14.4. The van der Waals surface area contributed by atoms with Crippen LogP contribution in [0.3, 0.4) is 0 Å². The first kappa shape index (κ1) is 24.8. The Morgan fingerprint density at radius 3 is 1.41 bits per heavy atom. The summed E-state index contributed by atoms with van der Waals surface area (Å²) in [6.45, 7) is 0. The third kappa shape index (κ3) is 4.26. The monoisotopic (exact) mass is 524 g/mol. The summed E-state index contributed by atoms with van der Waals surface area (Å²) in [6.07, 6.45) is -3.44. The molecule has 178 valence electrons. The summed E-state index contributed by atoms with van der Waals surface area (Å²) in [5, 5.41) is 0. The van der Waals surface area contributed by atoms with Crippen LogP contribution in [0.1, 0.15) is 27.8 Å². The van der Waals surface area contributed by atoms with E-state index in [9.17, 15) is 13.2 Å². The lowest BCUT2D eigenvalue weighted by atomic mass is 9.87. The van der Waals surface area contributed by atoms with E-state index < -0.39 is 17.5 Å². The van der Waals surface area contributed by atoms with Gasteiger partial charge in [0.15, 0.2) is 5.66 Å². The first-order chi connectivity index (χ1) is 16.2. The summed E-state index contributed by atoms with van der Waals surface area (Å²) in [5.74, 6) is 0.888. The summed E-state index contributed by atoms with van der Waals surface area (Å²) < 4.78 is 43.3. The second-order valence-corrected chi connectivity index (χ2v) is 8.89. The van der Waals surface area contributed by atoms with Crippen LogP contribution in [0.25, 0.3) is 0 Å². The molecule has 0 bridgehead atoms. The normalized spacial score (nSPS) is 15.6. The van der Waals surface area contributed by atoms with Gasteiger partial charge in [0, 0.05) is 47.7 Å². The van der Waals surface area contributed by atoms with Gasteiger partial charge >= 0.3 is 6.18 Å². The molecule has 0 aliphatic carbocycles. The fourth-order valence-corrected chi connectivity index (χ4v) is 4.95. The number of benzene rings is 3. The average molecular weight is 526 g/mol. The lowest BCUT2D eigenvalue weighted by Gasteiger charge is -2.46. The van der Waals surface area contributed by atoms with Crippen molar-refractivity contribution in [2.75, 3.05) is 11.9 Å². The third-order valence-corrected chi connectivity index (χ3v) is 6.98. The average Bonchev–Trinajstić information content (AvgIpc) is 3.18. The van der Waals surface area contributed by atoms with Crippen molar-refractivity contribution in [1.82, 2.24) is 4.90 Å². The van der Waals surface area contributed by atoms with Crippen LogP contribution < -0.4 is 4.90 Å². The van der Waals surface area contributed by atoms with E-state index in [0.717, 1.165) is 22.9 Å². The highest BCUT2D eigenvalue weighted by molar-refractivity contribution is 6.17. The Morgan fingerprint density at radius 1 is 0.676 bits per heavy atom. The van der Waals surface area contributed by atoms with E-state index in [-0.39, 0.29) is 5.88 Å². The SMILES string of the molecule is CN1C=C(C(F)(F)F)N(c2ccc(CCl)cc2)C1(c1ccc(CCl)cc1)c1ccc(CCl)cc1. The van der Waals surface area contributed by atoms with Gasteiger partial charge in [-0.2, -0.15) is 13.2 Å². The Morgan fingerprint density at radius 2 is 1.06 bits per heavy atom. The van der Waals surface area contributed by atoms with Crippen LogP contribution in [0, 0.1) is 0 Å². The van der Waals surface area contributed by atoms with Crippen LogP contribution in [0.15, 0.2) is 84.7 Å². The number of rotatable bonds is 6. The number of alkyl halides is 6. The van der Waals surface area contributed by atoms with Gasteiger partial charge in [-0.25, -0.2) is 0 Å². The molecule has 0 N–H and O–H groups in total. The second-order valence-electron chi connectivity index (χ2n) is 8.09. The quantitative estimate of drug-likeness (QED) is 0.301. The van der Waals surface area contributed by atoms with E-state index in [2.05, 4.69) is 0 Å². The predicted octanol–water partition coefficient (Wildman–Crippen LogP) is 7.96. The van der Waals surface area contributed by atoms with Crippen LogP contribution >= 0.6 is 34.8 Å². The van der Waals surface area contributed by atoms with E-state index in [1.54, 1.807) is 36.2 Å². The highest BCUT2D eigenvalue weighted by atomic mass is 35.5. The number of allylic oxidation sites excluding steroid dienone is 1. The molecule has 0 radical (unpaired) electrons. The van der Waals surface area contributed by atoms with Gasteiger partial charge in [0.2, 0.25) is 0 Å². The molecule has 34 heavy (non-hydrogen) atoms. The van der Waals surface area contributed by atoms with Crippen molar-refractivity contribution in [3.63, 3.8) is 0 Å². The van der Waals surface area contributed by atoms with Gasteiger partial charge in [0.05, 0.1) is 0 Å². The van der Waals surface area contributed by atoms with E-state index in [4.69, 9.17) is 34.8 Å². The minimum absolute atomic E-state index is 0.271. The number of hydrogen-bond donors (Lipinski definition) is 0. The topological polar surface area (TPSA) is 6.48 Å². The first-order valence-electron chi connectivity index (χ1n) is 10.5. The van der Waals surface area contributed by atoms with Crippen molar-refractivity contribution in [2.24, 2.45) is 0 Å². The molecule has 0 spiro atoms. The molecule has 0 saturated heterocycles. The minimum Gasteiger partial charge on any atom is -0.348 e. The summed E-state index contributed by atoms with van der Waals surface area (Å²) in [6, 6.07) is 21.5. The summed E-state index contributed by atoms with van der Waals surface area (Å²) in [5.41, 5.74) is 2.23. The molecular weight excluding hydrogens is 504 g/mol. The molecule has 0 fully saturated rings. The van der Waals surface area contributed by atoms with Crippen molar-refractivity contribution >= 4 is 40.5 Å².